The van der Waals surface area contributed by atoms with E-state index in [1.807, 2.05) is 36.9 Å². The lowest BCUT2D eigenvalue weighted by atomic mass is 10.0. The van der Waals surface area contributed by atoms with Crippen LogP contribution in [-0.4, -0.2) is 66.1 Å². The number of carbonyl (C=O) groups is 1. The maximum Gasteiger partial charge on any atom is 0.266 e. The molecule has 0 aliphatic carbocycles. The normalized spacial score (nSPS) is 19.7. The highest BCUT2D eigenvalue weighted by atomic mass is 16.6. The number of ether oxygens (including phenoxy) is 1. The zero-order valence-corrected chi connectivity index (χ0v) is 15.8. The van der Waals surface area contributed by atoms with Gasteiger partial charge in [0.15, 0.2) is 0 Å². The maximum atomic E-state index is 12.4. The predicted octanol–water partition coefficient (Wildman–Crippen LogP) is -0.0363. The van der Waals surface area contributed by atoms with E-state index in [1.54, 1.807) is 18.0 Å². The van der Waals surface area contributed by atoms with E-state index in [-0.39, 0.29) is 5.91 Å². The number of amides is 1. The average molecular weight is 363 g/mol. The molecule has 0 saturated carbocycles. The monoisotopic (exact) mass is 363 g/mol. The number of nitrogens with one attached hydrogen (secondary N) is 1. The van der Waals surface area contributed by atoms with Gasteiger partial charge in [-0.25, -0.2) is 0 Å². The van der Waals surface area contributed by atoms with Crippen molar-refractivity contribution in [2.24, 2.45) is 0 Å². The minimum Gasteiger partial charge on any atom is -0.369 e. The summed E-state index contributed by atoms with van der Waals surface area (Å²) in [5.41, 5.74) is 2.24. The molecule has 2 aliphatic rings. The summed E-state index contributed by atoms with van der Waals surface area (Å²) in [6.45, 7) is 8.94. The van der Waals surface area contributed by atoms with E-state index < -0.39 is 12.0 Å². The molecule has 0 radical (unpaired) electrons. The number of anilines is 1. The number of fused-ring (bicyclic) bond motifs is 1. The lowest BCUT2D eigenvalue weighted by Crippen LogP contribution is -2.57. The minimum atomic E-state index is -0.928. The Kier molecular flexibility index (Phi) is 5.01. The first-order valence-corrected chi connectivity index (χ1v) is 8.85. The molecule has 3 rings (SSSR count). The second-order valence-electron chi connectivity index (χ2n) is 7.83. The van der Waals surface area contributed by atoms with Gasteiger partial charge < -0.3 is 19.6 Å². The molecule has 0 spiro atoms. The summed E-state index contributed by atoms with van der Waals surface area (Å²) in [7, 11) is 1.73. The highest BCUT2D eigenvalue weighted by Crippen LogP contribution is 2.34. The highest BCUT2D eigenvalue weighted by molar-refractivity contribution is 6.03. The molecule has 1 atom stereocenters. The van der Waals surface area contributed by atoms with Crippen molar-refractivity contribution in [3.8, 4) is 0 Å². The molecule has 2 heterocycles. The third-order valence-corrected chi connectivity index (χ3v) is 4.78. The fourth-order valence-electron chi connectivity index (χ4n) is 3.50. The van der Waals surface area contributed by atoms with Crippen molar-refractivity contribution in [3.63, 3.8) is 0 Å². The Balaban J connectivity index is 1.75. The van der Waals surface area contributed by atoms with Gasteiger partial charge in [-0.15, -0.1) is 0 Å². The zero-order valence-electron chi connectivity index (χ0n) is 15.8. The van der Waals surface area contributed by atoms with Crippen LogP contribution in [0.2, 0.25) is 0 Å². The molecule has 1 unspecified atom stereocenters. The molecule has 0 bridgehead atoms. The molecule has 142 valence electrons. The Morgan fingerprint density at radius 1 is 1.19 bits per heavy atom. The average Bonchev–Trinajstić information content (AvgIpc) is 2.88. The Morgan fingerprint density at radius 3 is 2.42 bits per heavy atom. The number of aliphatic hydroxyl groups is 1. The molecule has 1 saturated heterocycles. The summed E-state index contributed by atoms with van der Waals surface area (Å²) >= 11 is 0. The molecule has 8 nitrogen and oxygen atoms in total. The van der Waals surface area contributed by atoms with Crippen LogP contribution in [0, 0.1) is 4.91 Å². The van der Waals surface area contributed by atoms with Crippen LogP contribution >= 0.6 is 0 Å². The van der Waals surface area contributed by atoms with Crippen LogP contribution in [0.4, 0.5) is 11.4 Å². The van der Waals surface area contributed by atoms with Gasteiger partial charge >= 0.3 is 0 Å². The van der Waals surface area contributed by atoms with Crippen molar-refractivity contribution in [2.75, 3.05) is 38.1 Å². The van der Waals surface area contributed by atoms with Gasteiger partial charge in [-0.2, -0.15) is 0 Å². The molecule has 1 aromatic rings. The number of carbonyl (C=O) groups excluding carboxylic acids is 1. The quantitative estimate of drug-likeness (QED) is 0.730. The zero-order chi connectivity index (χ0) is 19.1. The second-order valence-corrected chi connectivity index (χ2v) is 7.83. The second kappa shape index (κ2) is 6.94. The third kappa shape index (κ3) is 3.58. The van der Waals surface area contributed by atoms with Crippen molar-refractivity contribution in [1.82, 2.24) is 9.80 Å². The minimum absolute atomic E-state index is 0.132. The van der Waals surface area contributed by atoms with E-state index in [0.29, 0.717) is 44.0 Å². The van der Waals surface area contributed by atoms with Crippen molar-refractivity contribution < 1.29 is 19.8 Å². The van der Waals surface area contributed by atoms with Crippen LogP contribution in [0.1, 0.15) is 36.7 Å². The highest BCUT2D eigenvalue weighted by Gasteiger charge is 2.35. The van der Waals surface area contributed by atoms with E-state index in [2.05, 4.69) is 4.90 Å². The van der Waals surface area contributed by atoms with E-state index in [0.717, 1.165) is 11.3 Å². The van der Waals surface area contributed by atoms with Crippen LogP contribution in [0.3, 0.4) is 0 Å². The van der Waals surface area contributed by atoms with Gasteiger partial charge in [-0.05, 0) is 26.8 Å². The van der Waals surface area contributed by atoms with Crippen LogP contribution < -0.4 is 10.1 Å². The van der Waals surface area contributed by atoms with E-state index in [1.165, 1.54) is 0 Å². The number of rotatable bonds is 4. The first-order chi connectivity index (χ1) is 12.2. The summed E-state index contributed by atoms with van der Waals surface area (Å²) < 4.78 is 5.62. The van der Waals surface area contributed by atoms with Gasteiger partial charge in [0.1, 0.15) is 5.56 Å². The number of nitroso groups, excluding NO2 is 1. The first kappa shape index (κ1) is 18.8. The fraction of sp³-hybridized carbons (Fsp3) is 0.611. The van der Waals surface area contributed by atoms with Crippen LogP contribution in [0.5, 0.6) is 0 Å². The SMILES string of the molecule is CN1Cc2c(N3CCN(C(O)OC(C)(C)C)CC3)ccc([NH+]=O)c2C1=O. The largest absolute Gasteiger partial charge is 0.369 e. The Morgan fingerprint density at radius 2 is 1.85 bits per heavy atom. The number of hydrogen-bond donors (Lipinski definition) is 2. The Bertz CT molecular complexity index is 708. The molecule has 2 N–H and O–H groups in total. The molecule has 8 heteroatoms. The number of piperazine rings is 1. The summed E-state index contributed by atoms with van der Waals surface area (Å²) in [5, 5.41) is 12.1. The number of aliphatic hydroxyl groups excluding tert-OH is 1. The number of hydrogen-bond acceptors (Lipinski definition) is 6. The maximum absolute atomic E-state index is 12.4. The Labute approximate surface area is 153 Å². The lowest BCUT2D eigenvalue weighted by Gasteiger charge is -2.40. The molecular formula is C18H27N4O4+. The van der Waals surface area contributed by atoms with E-state index >= 15 is 0 Å². The smallest absolute Gasteiger partial charge is 0.266 e. The van der Waals surface area contributed by atoms with Crippen molar-refractivity contribution in [3.05, 3.63) is 28.2 Å². The van der Waals surface area contributed by atoms with Gasteiger partial charge in [-0.1, -0.05) is 0 Å². The molecule has 1 amide bonds. The molecule has 0 aromatic heterocycles. The van der Waals surface area contributed by atoms with Crippen molar-refractivity contribution in [2.45, 2.75) is 39.3 Å². The molecule has 1 fully saturated rings. The number of nitrogens with zero attached hydrogens (tertiary/aromatic N) is 3. The summed E-state index contributed by atoms with van der Waals surface area (Å²) in [4.78, 5) is 29.2. The topological polar surface area (TPSA) is 87.3 Å². The third-order valence-electron chi connectivity index (χ3n) is 4.78. The molecule has 26 heavy (non-hydrogen) atoms. The number of benzene rings is 1. The van der Waals surface area contributed by atoms with Gasteiger partial charge in [0, 0.05) is 67.2 Å². The van der Waals surface area contributed by atoms with Gasteiger partial charge in [0.05, 0.1) is 5.60 Å². The van der Waals surface area contributed by atoms with Crippen molar-refractivity contribution in [1.29, 1.82) is 0 Å². The lowest BCUT2D eigenvalue weighted by molar-refractivity contribution is -0.379. The Hall–Kier alpha value is -2.03. The van der Waals surface area contributed by atoms with Gasteiger partial charge in [-0.3, -0.25) is 9.69 Å². The van der Waals surface area contributed by atoms with Crippen LogP contribution in [-0.2, 0) is 11.3 Å². The van der Waals surface area contributed by atoms with Gasteiger partial charge in [0.25, 0.3) is 11.6 Å². The van der Waals surface area contributed by atoms with E-state index in [9.17, 15) is 14.8 Å². The predicted molar refractivity (Wildman–Crippen MR) is 96.9 cm³/mol. The summed E-state index contributed by atoms with van der Waals surface area (Å²) in [6.07, 6.45) is -0.928. The first-order valence-electron chi connectivity index (χ1n) is 8.85. The summed E-state index contributed by atoms with van der Waals surface area (Å²) in [6, 6.07) is 3.56. The fourth-order valence-corrected chi connectivity index (χ4v) is 3.50. The molecular weight excluding hydrogens is 336 g/mol. The van der Waals surface area contributed by atoms with Crippen molar-refractivity contribution >= 4 is 17.3 Å². The molecule has 1 aromatic carbocycles. The van der Waals surface area contributed by atoms with E-state index in [4.69, 9.17) is 4.74 Å². The summed E-state index contributed by atoms with van der Waals surface area (Å²) in [5.74, 6) is -0.132. The van der Waals surface area contributed by atoms with Crippen LogP contribution in [0.25, 0.3) is 0 Å². The standard InChI is InChI=1S/C18H26N4O4/c1-18(2,3)26-17(24)22-9-7-21(8-10-22)14-6-5-13(19-25)15-12(14)11-20(4)16(15)23/h5-6,17,24H,7-11H2,1-4H3/p+1. The van der Waals surface area contributed by atoms with Crippen LogP contribution in [0.15, 0.2) is 12.1 Å². The van der Waals surface area contributed by atoms with Gasteiger partial charge in [0.2, 0.25) is 6.41 Å². The molecule has 2 aliphatic heterocycles.